The van der Waals surface area contributed by atoms with Gasteiger partial charge in [0.2, 0.25) is 11.8 Å². The third-order valence-corrected chi connectivity index (χ3v) is 4.85. The molecular weight excluding hydrogens is 306 g/mol. The van der Waals surface area contributed by atoms with Gasteiger partial charge in [0, 0.05) is 20.1 Å². The Balaban J connectivity index is 1.85. The molecule has 0 radical (unpaired) electrons. The van der Waals surface area contributed by atoms with Crippen molar-refractivity contribution in [3.63, 3.8) is 0 Å². The monoisotopic (exact) mass is 329 g/mol. The molecule has 0 N–H and O–H groups in total. The summed E-state index contributed by atoms with van der Waals surface area (Å²) in [5.74, 6) is -0.397. The van der Waals surface area contributed by atoms with E-state index < -0.39 is 0 Å². The summed E-state index contributed by atoms with van der Waals surface area (Å²) in [6, 6.07) is 3.95. The minimum absolute atomic E-state index is 0.00865. The number of imidazole rings is 1. The molecule has 3 rings (SSSR count). The van der Waals surface area contributed by atoms with Gasteiger partial charge in [-0.15, -0.1) is 0 Å². The lowest BCUT2D eigenvalue weighted by molar-refractivity contribution is -0.130. The van der Waals surface area contributed by atoms with E-state index in [1.165, 1.54) is 0 Å². The second kappa shape index (κ2) is 6.36. The lowest BCUT2D eigenvalue weighted by atomic mass is 10.1. The van der Waals surface area contributed by atoms with Crippen LogP contribution >= 0.6 is 0 Å². The second-order valence-corrected chi connectivity index (χ2v) is 6.63. The van der Waals surface area contributed by atoms with Crippen LogP contribution in [0.4, 0.5) is 0 Å². The molecule has 1 aromatic heterocycles. The molecule has 24 heavy (non-hydrogen) atoms. The van der Waals surface area contributed by atoms with Crippen molar-refractivity contribution in [2.24, 2.45) is 5.92 Å². The number of rotatable bonds is 4. The molecule has 0 spiro atoms. The van der Waals surface area contributed by atoms with Crippen LogP contribution in [-0.4, -0.2) is 52.6 Å². The molecule has 1 aromatic carbocycles. The van der Waals surface area contributed by atoms with Gasteiger partial charge in [0.05, 0.1) is 29.6 Å². The van der Waals surface area contributed by atoms with E-state index in [9.17, 15) is 9.59 Å². The molecule has 2 atom stereocenters. The molecule has 0 saturated carbocycles. The van der Waals surface area contributed by atoms with Gasteiger partial charge in [-0.1, -0.05) is 0 Å². The van der Waals surface area contributed by atoms with E-state index >= 15 is 0 Å². The summed E-state index contributed by atoms with van der Waals surface area (Å²) in [6.45, 7) is 6.89. The highest BCUT2D eigenvalue weighted by Gasteiger charge is 2.37. The zero-order valence-electron chi connectivity index (χ0n) is 14.6. The van der Waals surface area contributed by atoms with Gasteiger partial charge >= 0.3 is 0 Å². The van der Waals surface area contributed by atoms with Crippen molar-refractivity contribution in [3.8, 4) is 0 Å². The highest BCUT2D eigenvalue weighted by molar-refractivity contribution is 5.95. The number of likely N-dealkylation sites (tertiary alicyclic amines) is 1. The number of carbonyl (C=O) groups excluding carboxylic acids is 2. The SMILES string of the molecule is COC[C@@H](C)N1C[C@@H](C(=O)n2cnc3cc(C)c(C)cc32)CC1=O. The van der Waals surface area contributed by atoms with Crippen LogP contribution in [0.1, 0.15) is 29.3 Å². The summed E-state index contributed by atoms with van der Waals surface area (Å²) in [7, 11) is 1.61. The van der Waals surface area contributed by atoms with Crippen molar-refractivity contribution < 1.29 is 14.3 Å². The maximum absolute atomic E-state index is 12.9. The van der Waals surface area contributed by atoms with E-state index in [4.69, 9.17) is 4.74 Å². The molecule has 2 aromatic rings. The predicted molar refractivity (Wildman–Crippen MR) is 91.0 cm³/mol. The number of ether oxygens (including phenoxy) is 1. The topological polar surface area (TPSA) is 64.4 Å². The van der Waals surface area contributed by atoms with Gasteiger partial charge < -0.3 is 9.64 Å². The average Bonchev–Trinajstić information content (AvgIpc) is 3.11. The molecule has 1 saturated heterocycles. The van der Waals surface area contributed by atoms with Crippen LogP contribution in [-0.2, 0) is 9.53 Å². The van der Waals surface area contributed by atoms with Crippen LogP contribution in [0.25, 0.3) is 11.0 Å². The van der Waals surface area contributed by atoms with E-state index in [1.54, 1.807) is 22.9 Å². The Morgan fingerprint density at radius 1 is 1.38 bits per heavy atom. The average molecular weight is 329 g/mol. The van der Waals surface area contributed by atoms with Crippen LogP contribution in [0.3, 0.4) is 0 Å². The number of carbonyl (C=O) groups is 2. The summed E-state index contributed by atoms with van der Waals surface area (Å²) in [6.07, 6.45) is 1.81. The summed E-state index contributed by atoms with van der Waals surface area (Å²) >= 11 is 0. The van der Waals surface area contributed by atoms with Crippen LogP contribution in [0.5, 0.6) is 0 Å². The summed E-state index contributed by atoms with van der Waals surface area (Å²) < 4.78 is 6.71. The van der Waals surface area contributed by atoms with Gasteiger partial charge in [-0.2, -0.15) is 0 Å². The Morgan fingerprint density at radius 3 is 2.79 bits per heavy atom. The van der Waals surface area contributed by atoms with E-state index in [0.717, 1.165) is 22.2 Å². The predicted octanol–water partition coefficient (Wildman–Crippen LogP) is 2.18. The van der Waals surface area contributed by atoms with Gasteiger partial charge in [-0.05, 0) is 44.0 Å². The number of methoxy groups -OCH3 is 1. The first-order valence-electron chi connectivity index (χ1n) is 8.19. The molecule has 1 amide bonds. The third kappa shape index (κ3) is 2.82. The van der Waals surface area contributed by atoms with Crippen LogP contribution in [0.15, 0.2) is 18.5 Å². The molecule has 2 heterocycles. The Kier molecular flexibility index (Phi) is 4.41. The highest BCUT2D eigenvalue weighted by atomic mass is 16.5. The fourth-order valence-electron chi connectivity index (χ4n) is 3.29. The quantitative estimate of drug-likeness (QED) is 0.862. The van der Waals surface area contributed by atoms with Crippen molar-refractivity contribution in [2.45, 2.75) is 33.2 Å². The lowest BCUT2D eigenvalue weighted by Crippen LogP contribution is -2.38. The van der Waals surface area contributed by atoms with Crippen LogP contribution in [0.2, 0.25) is 0 Å². The number of aryl methyl sites for hydroxylation is 2. The Bertz CT molecular complexity index is 796. The molecular formula is C18H23N3O3. The Hall–Kier alpha value is -2.21. The second-order valence-electron chi connectivity index (χ2n) is 6.63. The zero-order chi connectivity index (χ0) is 17.4. The fourth-order valence-corrected chi connectivity index (χ4v) is 3.29. The molecule has 1 aliphatic heterocycles. The lowest BCUT2D eigenvalue weighted by Gasteiger charge is -2.23. The van der Waals surface area contributed by atoms with Crippen molar-refractivity contribution >= 4 is 22.8 Å². The first kappa shape index (κ1) is 16.6. The zero-order valence-corrected chi connectivity index (χ0v) is 14.6. The number of nitrogens with zero attached hydrogens (tertiary/aromatic N) is 3. The maximum atomic E-state index is 12.9. The number of hydrogen-bond donors (Lipinski definition) is 0. The molecule has 0 unspecified atom stereocenters. The number of benzene rings is 1. The fraction of sp³-hybridized carbons (Fsp3) is 0.500. The van der Waals surface area contributed by atoms with Gasteiger partial charge in [0.15, 0.2) is 0 Å². The minimum Gasteiger partial charge on any atom is -0.383 e. The van der Waals surface area contributed by atoms with Gasteiger partial charge in [-0.3, -0.25) is 14.2 Å². The molecule has 0 aliphatic carbocycles. The molecule has 6 nitrogen and oxygen atoms in total. The van der Waals surface area contributed by atoms with Gasteiger partial charge in [0.1, 0.15) is 6.33 Å². The molecule has 1 aliphatic rings. The van der Waals surface area contributed by atoms with Gasteiger partial charge in [0.25, 0.3) is 0 Å². The summed E-state index contributed by atoms with van der Waals surface area (Å²) in [5.41, 5.74) is 3.88. The van der Waals surface area contributed by atoms with E-state index in [0.29, 0.717) is 13.2 Å². The first-order valence-corrected chi connectivity index (χ1v) is 8.19. The van der Waals surface area contributed by atoms with Crippen molar-refractivity contribution in [3.05, 3.63) is 29.6 Å². The highest BCUT2D eigenvalue weighted by Crippen LogP contribution is 2.25. The van der Waals surface area contributed by atoms with Crippen molar-refractivity contribution in [1.82, 2.24) is 14.5 Å². The number of fused-ring (bicyclic) bond motifs is 1. The molecule has 6 heteroatoms. The smallest absolute Gasteiger partial charge is 0.237 e. The number of hydrogen-bond acceptors (Lipinski definition) is 4. The summed E-state index contributed by atoms with van der Waals surface area (Å²) in [4.78, 5) is 31.2. The molecule has 1 fully saturated rings. The number of aromatic nitrogens is 2. The van der Waals surface area contributed by atoms with Crippen molar-refractivity contribution in [1.29, 1.82) is 0 Å². The van der Waals surface area contributed by atoms with Crippen LogP contribution < -0.4 is 0 Å². The normalized spacial score (nSPS) is 19.2. The molecule has 128 valence electrons. The minimum atomic E-state index is -0.337. The van der Waals surface area contributed by atoms with E-state index in [-0.39, 0.29) is 30.2 Å². The van der Waals surface area contributed by atoms with Gasteiger partial charge in [-0.25, -0.2) is 4.98 Å². The van der Waals surface area contributed by atoms with Crippen molar-refractivity contribution in [2.75, 3.05) is 20.3 Å². The maximum Gasteiger partial charge on any atom is 0.237 e. The Morgan fingerprint density at radius 2 is 2.08 bits per heavy atom. The summed E-state index contributed by atoms with van der Waals surface area (Å²) in [5, 5.41) is 0. The van der Waals surface area contributed by atoms with E-state index in [2.05, 4.69) is 4.98 Å². The van der Waals surface area contributed by atoms with Crippen LogP contribution in [0, 0.1) is 19.8 Å². The van der Waals surface area contributed by atoms with E-state index in [1.807, 2.05) is 32.9 Å². The largest absolute Gasteiger partial charge is 0.383 e. The number of amides is 1. The first-order chi connectivity index (χ1) is 11.4. The third-order valence-electron chi connectivity index (χ3n) is 4.85. The standard InChI is InChI=1S/C18H23N3O3/c1-11-5-15-16(6-12(11)2)21(10-19-15)18(23)14-7-17(22)20(8-14)13(3)9-24-4/h5-6,10,13-14H,7-9H2,1-4H3/t13-,14+/m1/s1. The Labute approximate surface area is 141 Å². The molecule has 0 bridgehead atoms.